The Labute approximate surface area is 127 Å². The van der Waals surface area contributed by atoms with Crippen LogP contribution in [0.1, 0.15) is 39.5 Å². The van der Waals surface area contributed by atoms with E-state index in [4.69, 9.17) is 5.73 Å². The molecule has 3 unspecified atom stereocenters. The van der Waals surface area contributed by atoms with Crippen molar-refractivity contribution >= 4 is 21.6 Å². The zero-order valence-corrected chi connectivity index (χ0v) is 14.3. The maximum absolute atomic E-state index is 12.4. The maximum Gasteiger partial charge on any atom is 0.166 e. The van der Waals surface area contributed by atoms with Gasteiger partial charge >= 0.3 is 0 Å². The van der Waals surface area contributed by atoms with Crippen molar-refractivity contribution in [1.29, 1.82) is 0 Å². The van der Waals surface area contributed by atoms with E-state index in [-0.39, 0.29) is 16.7 Å². The van der Waals surface area contributed by atoms with Gasteiger partial charge in [-0.3, -0.25) is 4.90 Å². The minimum atomic E-state index is -3.03. The largest absolute Gasteiger partial charge is 0.329 e. The quantitative estimate of drug-likeness (QED) is 0.835. The van der Waals surface area contributed by atoms with Gasteiger partial charge in [0.2, 0.25) is 0 Å². The Morgan fingerprint density at radius 2 is 2.15 bits per heavy atom. The van der Waals surface area contributed by atoms with Crippen molar-refractivity contribution in [3.8, 4) is 0 Å². The fourth-order valence-electron chi connectivity index (χ4n) is 3.74. The van der Waals surface area contributed by atoms with Crippen molar-refractivity contribution in [2.45, 2.75) is 50.4 Å². The summed E-state index contributed by atoms with van der Waals surface area (Å²) in [5.74, 6) is 2.66. The van der Waals surface area contributed by atoms with Crippen LogP contribution >= 0.6 is 11.8 Å². The lowest BCUT2D eigenvalue weighted by atomic mass is 9.92. The molecule has 20 heavy (non-hydrogen) atoms. The number of rotatable bonds is 5. The van der Waals surface area contributed by atoms with E-state index in [9.17, 15) is 8.42 Å². The molecule has 1 aliphatic carbocycles. The smallest absolute Gasteiger partial charge is 0.166 e. The van der Waals surface area contributed by atoms with E-state index in [0.717, 1.165) is 25.1 Å². The first-order valence-electron chi connectivity index (χ1n) is 7.75. The van der Waals surface area contributed by atoms with Gasteiger partial charge in [-0.05, 0) is 25.2 Å². The van der Waals surface area contributed by atoms with Gasteiger partial charge in [-0.1, -0.05) is 20.3 Å². The van der Waals surface area contributed by atoms with Crippen molar-refractivity contribution in [3.05, 3.63) is 0 Å². The second kappa shape index (κ2) is 6.55. The Hall–Kier alpha value is 0.220. The van der Waals surface area contributed by atoms with Crippen LogP contribution in [0.2, 0.25) is 0 Å². The van der Waals surface area contributed by atoms with Crippen molar-refractivity contribution in [2.24, 2.45) is 11.7 Å². The van der Waals surface area contributed by atoms with Crippen molar-refractivity contribution in [1.82, 2.24) is 4.90 Å². The van der Waals surface area contributed by atoms with Crippen LogP contribution in [0.4, 0.5) is 0 Å². The molecule has 0 aromatic heterocycles. The third-order valence-electron chi connectivity index (χ3n) is 5.15. The number of thioether (sulfide) groups is 1. The zero-order valence-electron chi connectivity index (χ0n) is 12.7. The van der Waals surface area contributed by atoms with Crippen LogP contribution < -0.4 is 5.73 Å². The molecule has 2 fully saturated rings. The number of sulfone groups is 1. The summed E-state index contributed by atoms with van der Waals surface area (Å²) in [5.41, 5.74) is 6.05. The molecule has 1 saturated carbocycles. The first-order valence-corrected chi connectivity index (χ1v) is 10.6. The van der Waals surface area contributed by atoms with E-state index in [1.165, 1.54) is 12.8 Å². The van der Waals surface area contributed by atoms with Gasteiger partial charge in [0.15, 0.2) is 9.84 Å². The van der Waals surface area contributed by atoms with Crippen LogP contribution in [0.15, 0.2) is 0 Å². The molecule has 4 nitrogen and oxygen atoms in total. The maximum atomic E-state index is 12.4. The van der Waals surface area contributed by atoms with Crippen LogP contribution in [-0.4, -0.2) is 54.6 Å². The van der Waals surface area contributed by atoms with Gasteiger partial charge in [-0.15, -0.1) is 0 Å². The molecule has 3 atom stereocenters. The summed E-state index contributed by atoms with van der Waals surface area (Å²) in [7, 11) is -3.03. The lowest BCUT2D eigenvalue weighted by Crippen LogP contribution is -2.61. The van der Waals surface area contributed by atoms with Crippen molar-refractivity contribution < 1.29 is 8.42 Å². The third-order valence-corrected chi connectivity index (χ3v) is 8.44. The summed E-state index contributed by atoms with van der Waals surface area (Å²) in [5, 5.41) is -0.328. The van der Waals surface area contributed by atoms with Crippen LogP contribution in [0, 0.1) is 5.92 Å². The molecule has 0 amide bonds. The summed E-state index contributed by atoms with van der Waals surface area (Å²) in [4.78, 5) is 2.26. The Kier molecular flexibility index (Phi) is 5.43. The second-order valence-electron chi connectivity index (χ2n) is 6.12. The van der Waals surface area contributed by atoms with E-state index in [1.807, 2.05) is 0 Å². The molecule has 2 rings (SSSR count). The fourth-order valence-corrected chi connectivity index (χ4v) is 6.83. The van der Waals surface area contributed by atoms with Gasteiger partial charge in [0.1, 0.15) is 5.37 Å². The molecule has 2 aliphatic rings. The lowest BCUT2D eigenvalue weighted by molar-refractivity contribution is 0.0903. The van der Waals surface area contributed by atoms with Gasteiger partial charge in [0.05, 0.1) is 0 Å². The van der Waals surface area contributed by atoms with E-state index >= 15 is 0 Å². The first kappa shape index (κ1) is 16.6. The number of nitrogens with two attached hydrogens (primary N) is 1. The predicted molar refractivity (Wildman–Crippen MR) is 86.7 cm³/mol. The van der Waals surface area contributed by atoms with Crippen molar-refractivity contribution in [2.75, 3.05) is 30.3 Å². The van der Waals surface area contributed by atoms with E-state index in [0.29, 0.717) is 18.2 Å². The first-order chi connectivity index (χ1) is 9.49. The molecule has 1 saturated heterocycles. The number of hydrogen-bond acceptors (Lipinski definition) is 5. The Morgan fingerprint density at radius 3 is 2.70 bits per heavy atom. The predicted octanol–water partition coefficient (Wildman–Crippen LogP) is 1.70. The molecule has 1 heterocycles. The SMILES string of the molecule is CCC1CCC(CN)(N2CCSCC2S(=O)(=O)CC)C1. The van der Waals surface area contributed by atoms with Crippen LogP contribution in [-0.2, 0) is 9.84 Å². The standard InChI is InChI=1S/C14H28N2O2S2/c1-3-12-5-6-14(9-12,11-15)16-7-8-19-10-13(16)20(17,18)4-2/h12-13H,3-11,15H2,1-2H3. The Bertz CT molecular complexity index is 427. The normalized spacial score (nSPS) is 36.4. The molecule has 2 N–H and O–H groups in total. The minimum absolute atomic E-state index is 0.0748. The molecule has 1 aliphatic heterocycles. The molecular weight excluding hydrogens is 292 g/mol. The van der Waals surface area contributed by atoms with Gasteiger partial charge in [-0.25, -0.2) is 8.42 Å². The van der Waals surface area contributed by atoms with Gasteiger partial charge < -0.3 is 5.73 Å². The van der Waals surface area contributed by atoms with Crippen molar-refractivity contribution in [3.63, 3.8) is 0 Å². The van der Waals surface area contributed by atoms with E-state index in [1.54, 1.807) is 18.7 Å². The van der Waals surface area contributed by atoms with Crippen LogP contribution in [0.5, 0.6) is 0 Å². The molecule has 0 radical (unpaired) electrons. The third kappa shape index (κ3) is 3.03. The molecule has 0 bridgehead atoms. The lowest BCUT2D eigenvalue weighted by Gasteiger charge is -2.47. The summed E-state index contributed by atoms with van der Waals surface area (Å²) in [6.45, 7) is 5.43. The minimum Gasteiger partial charge on any atom is -0.329 e. The summed E-state index contributed by atoms with van der Waals surface area (Å²) in [6, 6.07) is 0. The molecule has 0 spiro atoms. The van der Waals surface area contributed by atoms with Gasteiger partial charge in [-0.2, -0.15) is 11.8 Å². The highest BCUT2D eigenvalue weighted by Crippen LogP contribution is 2.43. The van der Waals surface area contributed by atoms with Crippen LogP contribution in [0.3, 0.4) is 0 Å². The molecular formula is C14H28N2O2S2. The van der Waals surface area contributed by atoms with E-state index in [2.05, 4.69) is 11.8 Å². The van der Waals surface area contributed by atoms with Gasteiger partial charge in [0.25, 0.3) is 0 Å². The highest BCUT2D eigenvalue weighted by Gasteiger charge is 2.48. The van der Waals surface area contributed by atoms with Crippen LogP contribution in [0.25, 0.3) is 0 Å². The Morgan fingerprint density at radius 1 is 1.40 bits per heavy atom. The van der Waals surface area contributed by atoms with E-state index < -0.39 is 9.84 Å². The summed E-state index contributed by atoms with van der Waals surface area (Å²) >= 11 is 1.76. The molecule has 0 aromatic rings. The monoisotopic (exact) mass is 320 g/mol. The molecule has 118 valence electrons. The zero-order chi connectivity index (χ0) is 14.8. The topological polar surface area (TPSA) is 63.4 Å². The Balaban J connectivity index is 2.27. The fraction of sp³-hybridized carbons (Fsp3) is 1.00. The molecule has 0 aromatic carbocycles. The average Bonchev–Trinajstić information content (AvgIpc) is 2.92. The molecule has 6 heteroatoms. The second-order valence-corrected chi connectivity index (χ2v) is 9.72. The highest BCUT2D eigenvalue weighted by atomic mass is 32.2. The summed E-state index contributed by atoms with van der Waals surface area (Å²) < 4.78 is 24.9. The van der Waals surface area contributed by atoms with Gasteiger partial charge in [0, 0.05) is 35.9 Å². The average molecular weight is 321 g/mol. The number of nitrogens with zero attached hydrogens (tertiary/aromatic N) is 1. The highest BCUT2D eigenvalue weighted by molar-refractivity contribution is 8.01. The number of hydrogen-bond donors (Lipinski definition) is 1. The summed E-state index contributed by atoms with van der Waals surface area (Å²) in [6.07, 6.45) is 4.49.